The highest BCUT2D eigenvalue weighted by Crippen LogP contribution is 2.52. The first kappa shape index (κ1) is 32.1. The fraction of sp³-hybridized carbons (Fsp3) is 0.0566. The summed E-state index contributed by atoms with van der Waals surface area (Å²) in [5.41, 5.74) is 13.8. The zero-order valence-electron chi connectivity index (χ0n) is 31.9. The van der Waals surface area contributed by atoms with Crippen LogP contribution >= 0.6 is 11.3 Å². The second kappa shape index (κ2) is 11.5. The Morgan fingerprint density at radius 1 is 0.466 bits per heavy atom. The van der Waals surface area contributed by atoms with Crippen LogP contribution in [-0.4, -0.2) is 19.1 Å². The normalized spacial score (nSPS) is 13.5. The Morgan fingerprint density at radius 2 is 1.10 bits per heavy atom. The SMILES string of the molecule is CC1(C)c2ccccc2-c2cc3c(cc21)c1c2ccccc2c(-n2c4ccccc4c4ccccc42)cc1n3-c1nc(-c2ccccc2)c2sc3ccccc3c2n1. The molecule has 4 aromatic heterocycles. The topological polar surface area (TPSA) is 35.6 Å². The van der Waals surface area contributed by atoms with Crippen molar-refractivity contribution in [2.24, 2.45) is 0 Å². The molecule has 0 amide bonds. The van der Waals surface area contributed by atoms with Gasteiger partial charge in [0, 0.05) is 48.0 Å². The Balaban J connectivity index is 1.24. The summed E-state index contributed by atoms with van der Waals surface area (Å²) in [6.07, 6.45) is 0. The van der Waals surface area contributed by atoms with Crippen molar-refractivity contribution in [2.75, 3.05) is 0 Å². The van der Waals surface area contributed by atoms with E-state index in [1.54, 1.807) is 11.3 Å². The van der Waals surface area contributed by atoms with Crippen molar-refractivity contribution in [1.29, 1.82) is 0 Å². The summed E-state index contributed by atoms with van der Waals surface area (Å²) >= 11 is 1.77. The molecule has 8 aromatic carbocycles. The highest BCUT2D eigenvalue weighted by atomic mass is 32.1. The molecular weight excluding hydrogens is 725 g/mol. The van der Waals surface area contributed by atoms with Crippen molar-refractivity contribution < 1.29 is 0 Å². The molecule has 1 aliphatic carbocycles. The summed E-state index contributed by atoms with van der Waals surface area (Å²) in [6.45, 7) is 4.73. The maximum absolute atomic E-state index is 5.60. The number of rotatable bonds is 3. The first-order chi connectivity index (χ1) is 28.5. The molecule has 0 aliphatic heterocycles. The molecule has 5 heteroatoms. The minimum atomic E-state index is -0.154. The molecule has 58 heavy (non-hydrogen) atoms. The lowest BCUT2D eigenvalue weighted by Crippen LogP contribution is -2.14. The second-order valence-corrected chi connectivity index (χ2v) is 17.2. The van der Waals surface area contributed by atoms with Crippen molar-refractivity contribution in [3.05, 3.63) is 181 Å². The third kappa shape index (κ3) is 4.18. The van der Waals surface area contributed by atoms with E-state index in [4.69, 9.17) is 9.97 Å². The summed E-state index contributed by atoms with van der Waals surface area (Å²) in [4.78, 5) is 11.2. The van der Waals surface area contributed by atoms with Crippen LogP contribution in [0, 0.1) is 0 Å². The van der Waals surface area contributed by atoms with Gasteiger partial charge in [-0.2, -0.15) is 0 Å². The van der Waals surface area contributed by atoms with E-state index in [1.807, 2.05) is 0 Å². The minimum absolute atomic E-state index is 0.154. The van der Waals surface area contributed by atoms with Gasteiger partial charge in [-0.15, -0.1) is 11.3 Å². The zero-order valence-corrected chi connectivity index (χ0v) is 32.7. The molecule has 272 valence electrons. The molecule has 0 unspecified atom stereocenters. The average Bonchev–Trinajstić information content (AvgIpc) is 3.98. The number of fused-ring (bicyclic) bond motifs is 14. The second-order valence-electron chi connectivity index (χ2n) is 16.1. The first-order valence-electron chi connectivity index (χ1n) is 19.9. The quantitative estimate of drug-likeness (QED) is 0.180. The van der Waals surface area contributed by atoms with Gasteiger partial charge in [0.15, 0.2) is 0 Å². The van der Waals surface area contributed by atoms with Gasteiger partial charge >= 0.3 is 0 Å². The molecule has 0 atom stereocenters. The number of nitrogens with zero attached hydrogens (tertiary/aromatic N) is 4. The van der Waals surface area contributed by atoms with Crippen LogP contribution in [0.2, 0.25) is 0 Å². The van der Waals surface area contributed by atoms with Crippen molar-refractivity contribution >= 4 is 86.0 Å². The van der Waals surface area contributed by atoms with E-state index < -0.39 is 0 Å². The van der Waals surface area contributed by atoms with Crippen molar-refractivity contribution in [1.82, 2.24) is 19.1 Å². The predicted molar refractivity (Wildman–Crippen MR) is 244 cm³/mol. The van der Waals surface area contributed by atoms with Crippen LogP contribution in [0.4, 0.5) is 0 Å². The summed E-state index contributed by atoms with van der Waals surface area (Å²) in [5, 5.41) is 8.46. The van der Waals surface area contributed by atoms with E-state index in [0.29, 0.717) is 5.95 Å². The van der Waals surface area contributed by atoms with E-state index >= 15 is 0 Å². The van der Waals surface area contributed by atoms with Crippen LogP contribution in [0.5, 0.6) is 0 Å². The van der Waals surface area contributed by atoms with E-state index in [-0.39, 0.29) is 5.41 Å². The zero-order chi connectivity index (χ0) is 38.3. The molecule has 12 aromatic rings. The van der Waals surface area contributed by atoms with Gasteiger partial charge in [-0.05, 0) is 64.0 Å². The largest absolute Gasteiger partial charge is 0.309 e. The van der Waals surface area contributed by atoms with Crippen molar-refractivity contribution in [2.45, 2.75) is 19.3 Å². The van der Waals surface area contributed by atoms with Crippen LogP contribution < -0.4 is 0 Å². The maximum Gasteiger partial charge on any atom is 0.235 e. The molecule has 0 N–H and O–H groups in total. The van der Waals surface area contributed by atoms with Crippen molar-refractivity contribution in [3.8, 4) is 34.0 Å². The highest BCUT2D eigenvalue weighted by molar-refractivity contribution is 7.26. The molecule has 13 rings (SSSR count). The van der Waals surface area contributed by atoms with E-state index in [2.05, 4.69) is 193 Å². The van der Waals surface area contributed by atoms with Crippen LogP contribution in [0.25, 0.3) is 109 Å². The lowest BCUT2D eigenvalue weighted by atomic mass is 9.82. The number of thiophene rings is 1. The number of aromatic nitrogens is 4. The van der Waals surface area contributed by atoms with Crippen LogP contribution in [0.1, 0.15) is 25.0 Å². The smallest absolute Gasteiger partial charge is 0.235 e. The summed E-state index contributed by atoms with van der Waals surface area (Å²) in [5.74, 6) is 0.670. The molecule has 0 saturated carbocycles. The van der Waals surface area contributed by atoms with Gasteiger partial charge < -0.3 is 4.57 Å². The van der Waals surface area contributed by atoms with Crippen molar-refractivity contribution in [3.63, 3.8) is 0 Å². The lowest BCUT2D eigenvalue weighted by molar-refractivity contribution is 0.661. The first-order valence-corrected chi connectivity index (χ1v) is 20.7. The predicted octanol–water partition coefficient (Wildman–Crippen LogP) is 14.2. The van der Waals surface area contributed by atoms with Gasteiger partial charge in [-0.25, -0.2) is 9.97 Å². The Morgan fingerprint density at radius 3 is 1.88 bits per heavy atom. The molecule has 4 heterocycles. The molecule has 0 bridgehead atoms. The minimum Gasteiger partial charge on any atom is -0.309 e. The Kier molecular flexibility index (Phi) is 6.36. The van der Waals surface area contributed by atoms with Gasteiger partial charge in [0.25, 0.3) is 0 Å². The third-order valence-electron chi connectivity index (χ3n) is 12.7. The fourth-order valence-electron chi connectivity index (χ4n) is 10.1. The van der Waals surface area contributed by atoms with E-state index in [0.717, 1.165) is 43.6 Å². The van der Waals surface area contributed by atoms with Gasteiger partial charge in [0.2, 0.25) is 5.95 Å². The Hall–Kier alpha value is -7.08. The molecular formula is C53H34N4S. The lowest BCUT2D eigenvalue weighted by Gasteiger charge is -2.21. The molecule has 1 aliphatic rings. The summed E-state index contributed by atoms with van der Waals surface area (Å²) in [7, 11) is 0. The van der Waals surface area contributed by atoms with Gasteiger partial charge in [0.05, 0.1) is 43.7 Å². The Labute approximate surface area is 337 Å². The Bertz CT molecular complexity index is 3660. The summed E-state index contributed by atoms with van der Waals surface area (Å²) in [6, 6.07) is 62.0. The van der Waals surface area contributed by atoms with Crippen LogP contribution in [0.3, 0.4) is 0 Å². The number of hydrogen-bond acceptors (Lipinski definition) is 3. The monoisotopic (exact) mass is 758 g/mol. The van der Waals surface area contributed by atoms with E-state index in [9.17, 15) is 0 Å². The molecule has 0 saturated heterocycles. The summed E-state index contributed by atoms with van der Waals surface area (Å²) < 4.78 is 7.13. The molecule has 0 spiro atoms. The maximum atomic E-state index is 5.60. The fourth-order valence-corrected chi connectivity index (χ4v) is 11.3. The average molecular weight is 759 g/mol. The van der Waals surface area contributed by atoms with Gasteiger partial charge in [0.1, 0.15) is 0 Å². The number of para-hydroxylation sites is 2. The highest BCUT2D eigenvalue weighted by Gasteiger charge is 2.36. The standard InChI is InChI=1S/C53H34N4S/c1-53(2)40-24-12-8-18-32(40)38-29-44-39(28-41(38)53)48-36-22-7-6-21-35(36)45(56-42-25-13-9-19-33(42)34-20-10-14-26-43(34)56)30-46(48)57(44)52-54-49(31-16-4-3-5-17-31)51-50(55-52)37-23-11-15-27-47(37)58-51/h3-30H,1-2H3. The van der Waals surface area contributed by atoms with Gasteiger partial charge in [-0.1, -0.05) is 147 Å². The van der Waals surface area contributed by atoms with Crippen LogP contribution in [0.15, 0.2) is 170 Å². The van der Waals surface area contributed by atoms with E-state index in [1.165, 1.54) is 70.3 Å². The third-order valence-corrected chi connectivity index (χ3v) is 13.9. The number of benzene rings is 8. The van der Waals surface area contributed by atoms with Gasteiger partial charge in [-0.3, -0.25) is 4.57 Å². The van der Waals surface area contributed by atoms with Crippen LogP contribution in [-0.2, 0) is 5.41 Å². The molecule has 0 radical (unpaired) electrons. The molecule has 4 nitrogen and oxygen atoms in total. The number of hydrogen-bond donors (Lipinski definition) is 0. The molecule has 0 fully saturated rings.